The van der Waals surface area contributed by atoms with Crippen LogP contribution < -0.4 is 10.1 Å². The number of hydrogen-bond acceptors (Lipinski definition) is 8. The average molecular weight is 414 g/mol. The number of nitrogens with one attached hydrogen (secondary N) is 1. The molecule has 0 bridgehead atoms. The summed E-state index contributed by atoms with van der Waals surface area (Å²) < 4.78 is 11.2. The van der Waals surface area contributed by atoms with Crippen LogP contribution in [-0.2, 0) is 4.79 Å². The average Bonchev–Trinajstić information content (AvgIpc) is 3.17. The largest absolute Gasteiger partial charge is 0.493 e. The zero-order valence-electron chi connectivity index (χ0n) is 15.5. The summed E-state index contributed by atoms with van der Waals surface area (Å²) in [7, 11) is 0. The number of nitrogens with zero attached hydrogens (tertiary/aromatic N) is 3. The Morgan fingerprint density at radius 1 is 1.21 bits per heavy atom. The Hall–Kier alpha value is -3.40. The molecule has 29 heavy (non-hydrogen) atoms. The van der Waals surface area contributed by atoms with Gasteiger partial charge in [0.25, 0.3) is 16.8 Å². The maximum Gasteiger partial charge on any atom is 0.292 e. The standard InChI is InChI=1S/C19H18N4O5S/c1-2-27-16-10-6-3-7-13(16)18-21-22-19(28-18)29-12-11-17(24)20-14-8-4-5-9-15(14)23(25)26/h3-10H,2,11-12H2,1H3,(H,20,24). The van der Waals surface area contributed by atoms with Crippen molar-refractivity contribution in [3.05, 3.63) is 58.6 Å². The quantitative estimate of drug-likeness (QED) is 0.315. The molecule has 0 fully saturated rings. The van der Waals surface area contributed by atoms with Crippen LogP contribution >= 0.6 is 11.8 Å². The van der Waals surface area contributed by atoms with Crippen LogP contribution in [0, 0.1) is 10.1 Å². The molecular formula is C19H18N4O5S. The Labute approximate surface area is 170 Å². The van der Waals surface area contributed by atoms with E-state index in [2.05, 4.69) is 15.5 Å². The molecule has 2 aromatic carbocycles. The number of benzene rings is 2. The molecule has 1 aromatic heterocycles. The fourth-order valence-corrected chi connectivity index (χ4v) is 3.18. The highest BCUT2D eigenvalue weighted by Crippen LogP contribution is 2.31. The van der Waals surface area contributed by atoms with Crippen molar-refractivity contribution >= 4 is 29.0 Å². The number of nitro benzene ring substituents is 1. The maximum atomic E-state index is 12.1. The summed E-state index contributed by atoms with van der Waals surface area (Å²) in [4.78, 5) is 22.6. The molecule has 1 N–H and O–H groups in total. The second-order valence-electron chi connectivity index (χ2n) is 5.72. The van der Waals surface area contributed by atoms with Crippen molar-refractivity contribution in [3.8, 4) is 17.2 Å². The highest BCUT2D eigenvalue weighted by atomic mass is 32.2. The van der Waals surface area contributed by atoms with Gasteiger partial charge in [-0.25, -0.2) is 0 Å². The van der Waals surface area contributed by atoms with Gasteiger partial charge in [-0.05, 0) is 25.1 Å². The van der Waals surface area contributed by atoms with E-state index in [1.807, 2.05) is 31.2 Å². The number of aromatic nitrogens is 2. The first-order valence-corrected chi connectivity index (χ1v) is 9.78. The highest BCUT2D eigenvalue weighted by molar-refractivity contribution is 7.99. The first-order chi connectivity index (χ1) is 14.1. The van der Waals surface area contributed by atoms with Crippen molar-refractivity contribution in [1.29, 1.82) is 0 Å². The van der Waals surface area contributed by atoms with Gasteiger partial charge in [-0.3, -0.25) is 14.9 Å². The number of thioether (sulfide) groups is 1. The minimum Gasteiger partial charge on any atom is -0.493 e. The number of para-hydroxylation sites is 3. The summed E-state index contributed by atoms with van der Waals surface area (Å²) in [6, 6.07) is 13.3. The molecular weight excluding hydrogens is 396 g/mol. The Bertz CT molecular complexity index is 1010. The van der Waals surface area contributed by atoms with Crippen LogP contribution in [0.1, 0.15) is 13.3 Å². The molecule has 0 unspecified atom stereocenters. The lowest BCUT2D eigenvalue weighted by atomic mass is 10.2. The van der Waals surface area contributed by atoms with E-state index < -0.39 is 4.92 Å². The third-order valence-electron chi connectivity index (χ3n) is 3.75. The van der Waals surface area contributed by atoms with Crippen LogP contribution in [0.25, 0.3) is 11.5 Å². The molecule has 0 aliphatic rings. The van der Waals surface area contributed by atoms with Crippen LogP contribution in [0.2, 0.25) is 0 Å². The second kappa shape index (κ2) is 9.69. The van der Waals surface area contributed by atoms with Gasteiger partial charge in [0.1, 0.15) is 11.4 Å². The van der Waals surface area contributed by atoms with Crippen molar-refractivity contribution in [1.82, 2.24) is 10.2 Å². The second-order valence-corrected chi connectivity index (χ2v) is 6.77. The number of hydrogen-bond donors (Lipinski definition) is 1. The molecule has 0 aliphatic carbocycles. The monoisotopic (exact) mass is 414 g/mol. The van der Waals surface area contributed by atoms with Crippen molar-refractivity contribution < 1.29 is 18.9 Å². The summed E-state index contributed by atoms with van der Waals surface area (Å²) >= 11 is 1.23. The zero-order chi connectivity index (χ0) is 20.6. The molecule has 0 atom stereocenters. The number of rotatable bonds is 9. The van der Waals surface area contributed by atoms with Gasteiger partial charge in [0.05, 0.1) is 17.1 Å². The van der Waals surface area contributed by atoms with Gasteiger partial charge in [0.15, 0.2) is 0 Å². The number of nitro groups is 1. The van der Waals surface area contributed by atoms with E-state index in [0.717, 1.165) is 0 Å². The number of amides is 1. The van der Waals surface area contributed by atoms with Crippen LogP contribution in [0.5, 0.6) is 5.75 Å². The predicted molar refractivity (Wildman–Crippen MR) is 108 cm³/mol. The molecule has 9 nitrogen and oxygen atoms in total. The first kappa shape index (κ1) is 20.3. The zero-order valence-corrected chi connectivity index (χ0v) is 16.3. The van der Waals surface area contributed by atoms with E-state index in [-0.39, 0.29) is 23.7 Å². The Kier molecular flexibility index (Phi) is 6.80. The van der Waals surface area contributed by atoms with Crippen molar-refractivity contribution in [2.45, 2.75) is 18.6 Å². The summed E-state index contributed by atoms with van der Waals surface area (Å²) in [6.07, 6.45) is 0.129. The lowest BCUT2D eigenvalue weighted by Crippen LogP contribution is -2.13. The SMILES string of the molecule is CCOc1ccccc1-c1nnc(SCCC(=O)Nc2ccccc2[N+](=O)[O-])o1. The molecule has 1 heterocycles. The van der Waals surface area contributed by atoms with Gasteiger partial charge in [-0.2, -0.15) is 0 Å². The third kappa shape index (κ3) is 5.32. The smallest absolute Gasteiger partial charge is 0.292 e. The van der Waals surface area contributed by atoms with E-state index >= 15 is 0 Å². The molecule has 1 amide bonds. The Morgan fingerprint density at radius 2 is 1.97 bits per heavy atom. The third-order valence-corrected chi connectivity index (χ3v) is 4.57. The van der Waals surface area contributed by atoms with Gasteiger partial charge in [-0.15, -0.1) is 10.2 Å². The molecule has 0 aliphatic heterocycles. The van der Waals surface area contributed by atoms with E-state index in [1.54, 1.807) is 12.1 Å². The minimum absolute atomic E-state index is 0.129. The maximum absolute atomic E-state index is 12.1. The summed E-state index contributed by atoms with van der Waals surface area (Å²) in [5, 5.41) is 21.9. The van der Waals surface area contributed by atoms with E-state index in [4.69, 9.17) is 9.15 Å². The summed E-state index contributed by atoms with van der Waals surface area (Å²) in [5.41, 5.74) is 0.714. The summed E-state index contributed by atoms with van der Waals surface area (Å²) in [5.74, 6) is 1.02. The van der Waals surface area contributed by atoms with Gasteiger partial charge in [-0.1, -0.05) is 36.0 Å². The van der Waals surface area contributed by atoms with E-state index in [9.17, 15) is 14.9 Å². The van der Waals surface area contributed by atoms with E-state index in [0.29, 0.717) is 34.8 Å². The Balaban J connectivity index is 1.56. The topological polar surface area (TPSA) is 120 Å². The van der Waals surface area contributed by atoms with Crippen LogP contribution in [0.15, 0.2) is 58.2 Å². The fourth-order valence-electron chi connectivity index (χ4n) is 2.48. The predicted octanol–water partition coefficient (Wildman–Crippen LogP) is 4.16. The van der Waals surface area contributed by atoms with Crippen LogP contribution in [-0.4, -0.2) is 33.4 Å². The molecule has 0 saturated heterocycles. The Morgan fingerprint density at radius 3 is 2.76 bits per heavy atom. The number of anilines is 1. The normalized spacial score (nSPS) is 10.5. The lowest BCUT2D eigenvalue weighted by Gasteiger charge is -2.06. The first-order valence-electron chi connectivity index (χ1n) is 8.80. The summed E-state index contributed by atoms with van der Waals surface area (Å²) in [6.45, 7) is 2.41. The molecule has 0 radical (unpaired) electrons. The number of carbonyl (C=O) groups excluding carboxylic acids is 1. The number of ether oxygens (including phenoxy) is 1. The molecule has 150 valence electrons. The number of carbonyl (C=O) groups is 1. The highest BCUT2D eigenvalue weighted by Gasteiger charge is 2.16. The van der Waals surface area contributed by atoms with Crippen LogP contribution in [0.3, 0.4) is 0 Å². The van der Waals surface area contributed by atoms with Gasteiger partial charge in [0.2, 0.25) is 5.91 Å². The van der Waals surface area contributed by atoms with Gasteiger partial charge in [0, 0.05) is 18.2 Å². The van der Waals surface area contributed by atoms with Crippen molar-refractivity contribution in [3.63, 3.8) is 0 Å². The molecule has 3 aromatic rings. The molecule has 3 rings (SSSR count). The van der Waals surface area contributed by atoms with Crippen LogP contribution in [0.4, 0.5) is 11.4 Å². The molecule has 0 spiro atoms. The minimum atomic E-state index is -0.537. The van der Waals surface area contributed by atoms with Gasteiger partial charge < -0.3 is 14.5 Å². The molecule has 0 saturated carbocycles. The molecule has 10 heteroatoms. The van der Waals surface area contributed by atoms with Crippen molar-refractivity contribution in [2.75, 3.05) is 17.7 Å². The van der Waals surface area contributed by atoms with Gasteiger partial charge >= 0.3 is 0 Å². The fraction of sp³-hybridized carbons (Fsp3) is 0.211. The lowest BCUT2D eigenvalue weighted by molar-refractivity contribution is -0.383. The van der Waals surface area contributed by atoms with E-state index in [1.165, 1.54) is 23.9 Å². The van der Waals surface area contributed by atoms with Crippen molar-refractivity contribution in [2.24, 2.45) is 0 Å².